The summed E-state index contributed by atoms with van der Waals surface area (Å²) in [5, 5.41) is -5.76. The first kappa shape index (κ1) is 26.9. The molecule has 0 aliphatic heterocycles. The van der Waals surface area contributed by atoms with Crippen LogP contribution in [0.3, 0.4) is 0 Å². The Labute approximate surface area is 196 Å². The molecule has 2 atom stereocenters. The Balaban J connectivity index is 2.53. The third kappa shape index (κ3) is 3.79. The van der Waals surface area contributed by atoms with Crippen molar-refractivity contribution in [2.45, 2.75) is 35.3 Å². The number of alkyl halides is 4. The quantitative estimate of drug-likeness (QED) is 0.302. The second kappa shape index (κ2) is 8.18. The summed E-state index contributed by atoms with van der Waals surface area (Å²) in [6, 6.07) is 9.51. The molecule has 0 fully saturated rings. The average Bonchev–Trinajstić information content (AvgIpc) is 2.74. The topological polar surface area (TPSA) is 109 Å². The lowest BCUT2D eigenvalue weighted by Crippen LogP contribution is -2.59. The molecule has 14 heteroatoms. The summed E-state index contributed by atoms with van der Waals surface area (Å²) in [6.07, 6.45) is 0. The molecule has 3 rings (SSSR count). The van der Waals surface area contributed by atoms with E-state index in [-0.39, 0.29) is 5.56 Å². The van der Waals surface area contributed by atoms with Gasteiger partial charge in [0.05, 0.1) is 5.57 Å². The monoisotopic (exact) mass is 542 g/mol. The summed E-state index contributed by atoms with van der Waals surface area (Å²) in [5.41, 5.74) is -9.20. The third-order valence-electron chi connectivity index (χ3n) is 5.43. The van der Waals surface area contributed by atoms with Crippen LogP contribution in [-0.4, -0.2) is 36.9 Å². The van der Waals surface area contributed by atoms with E-state index in [1.54, 1.807) is 6.07 Å². The minimum atomic E-state index is -6.75. The van der Waals surface area contributed by atoms with Crippen LogP contribution < -0.4 is 0 Å². The highest BCUT2D eigenvalue weighted by Gasteiger charge is 2.78. The average molecular weight is 542 g/mol. The Morgan fingerprint density at radius 3 is 1.80 bits per heavy atom. The second-order valence-corrected chi connectivity index (χ2v) is 10.8. The van der Waals surface area contributed by atoms with Crippen molar-refractivity contribution in [3.8, 4) is 11.1 Å². The van der Waals surface area contributed by atoms with Crippen LogP contribution in [0.2, 0.25) is 0 Å². The van der Waals surface area contributed by atoms with Gasteiger partial charge in [-0.3, -0.25) is 9.11 Å². The Hall–Kier alpha value is -2.68. The van der Waals surface area contributed by atoms with Crippen LogP contribution in [0.5, 0.6) is 0 Å². The Bertz CT molecular complexity index is 1480. The van der Waals surface area contributed by atoms with Crippen molar-refractivity contribution in [1.82, 2.24) is 0 Å². The number of hydrogen-bond donors (Lipinski definition) is 2. The van der Waals surface area contributed by atoms with Gasteiger partial charge in [-0.15, -0.1) is 0 Å². The van der Waals surface area contributed by atoms with Gasteiger partial charge in [-0.1, -0.05) is 48.0 Å². The van der Waals surface area contributed by atoms with Crippen LogP contribution >= 0.6 is 0 Å². The maximum absolute atomic E-state index is 16.4. The van der Waals surface area contributed by atoms with Crippen molar-refractivity contribution < 1.29 is 52.3 Å². The minimum absolute atomic E-state index is 0.0190. The van der Waals surface area contributed by atoms with E-state index in [1.165, 1.54) is 24.3 Å². The third-order valence-corrected chi connectivity index (χ3v) is 7.47. The molecule has 35 heavy (non-hydrogen) atoms. The summed E-state index contributed by atoms with van der Waals surface area (Å²) < 4.78 is 157. The van der Waals surface area contributed by atoms with Gasteiger partial charge in [-0.2, -0.15) is 25.6 Å². The van der Waals surface area contributed by atoms with Gasteiger partial charge in [0.15, 0.2) is 11.7 Å². The molecule has 0 amide bonds. The lowest BCUT2D eigenvalue weighted by Gasteiger charge is -2.42. The Morgan fingerprint density at radius 1 is 0.800 bits per heavy atom. The molecule has 1 aliphatic carbocycles. The zero-order valence-electron chi connectivity index (χ0n) is 17.7. The van der Waals surface area contributed by atoms with Gasteiger partial charge in [-0.05, 0) is 31.0 Å². The summed E-state index contributed by atoms with van der Waals surface area (Å²) in [4.78, 5) is -1.47. The largest absolute Gasteiger partial charge is 0.354 e. The summed E-state index contributed by atoms with van der Waals surface area (Å²) >= 11 is 0. The fourth-order valence-corrected chi connectivity index (χ4v) is 5.44. The molecular formula is C21H16F6O6S2. The van der Waals surface area contributed by atoms with E-state index in [0.29, 0.717) is 31.5 Å². The van der Waals surface area contributed by atoms with Gasteiger partial charge >= 0.3 is 21.0 Å². The van der Waals surface area contributed by atoms with Crippen LogP contribution in [0.25, 0.3) is 11.1 Å². The normalized spacial score (nSPS) is 25.0. The number of rotatable bonds is 4. The van der Waals surface area contributed by atoms with E-state index < -0.39 is 70.1 Å². The van der Waals surface area contributed by atoms with Crippen LogP contribution in [-0.2, 0) is 25.9 Å². The van der Waals surface area contributed by atoms with Crippen LogP contribution in [0.1, 0.15) is 19.4 Å². The smallest absolute Gasteiger partial charge is 0.283 e. The molecule has 1 aliphatic rings. The highest BCUT2D eigenvalue weighted by Crippen LogP contribution is 2.63. The standard InChI is InChI=1S/C21H16F6O6S2/c1-11(2)16-19(24,17(22)18(23)21(27,20(16,25)26)35(31,32)33)14-9-8-13(10-15(14)34(28,29)30)12-6-4-3-5-7-12/h3-10H,1-2H3,(H,28,29,30)(H,31,32,33). The van der Waals surface area contributed by atoms with Gasteiger partial charge in [-0.25, -0.2) is 17.6 Å². The first-order valence-corrected chi connectivity index (χ1v) is 12.4. The Kier molecular flexibility index (Phi) is 6.29. The molecule has 0 bridgehead atoms. The molecule has 2 aromatic carbocycles. The predicted molar refractivity (Wildman–Crippen MR) is 112 cm³/mol. The molecule has 0 saturated carbocycles. The molecule has 0 heterocycles. The molecule has 0 spiro atoms. The minimum Gasteiger partial charge on any atom is -0.283 e. The molecule has 190 valence electrons. The zero-order valence-corrected chi connectivity index (χ0v) is 19.4. The van der Waals surface area contributed by atoms with E-state index in [9.17, 15) is 30.2 Å². The lowest BCUT2D eigenvalue weighted by molar-refractivity contribution is -0.0907. The maximum atomic E-state index is 16.4. The van der Waals surface area contributed by atoms with E-state index >= 15 is 17.6 Å². The van der Waals surface area contributed by atoms with Gasteiger partial charge in [0.2, 0.25) is 5.67 Å². The SMILES string of the molecule is CC(C)=C1C(F)(c2ccc(-c3ccccc3)cc2S(=O)(=O)O)C(F)=C(F)C(F)(S(=O)(=O)O)C1(F)F. The van der Waals surface area contributed by atoms with Crippen molar-refractivity contribution >= 4 is 20.2 Å². The molecular weight excluding hydrogens is 526 g/mol. The van der Waals surface area contributed by atoms with Gasteiger partial charge in [0, 0.05) is 5.56 Å². The summed E-state index contributed by atoms with van der Waals surface area (Å²) in [5.74, 6) is -12.4. The van der Waals surface area contributed by atoms with Crippen molar-refractivity contribution in [1.29, 1.82) is 0 Å². The first-order valence-electron chi connectivity index (χ1n) is 9.47. The highest BCUT2D eigenvalue weighted by molar-refractivity contribution is 7.87. The van der Waals surface area contributed by atoms with E-state index in [0.717, 1.165) is 6.07 Å². The van der Waals surface area contributed by atoms with Crippen molar-refractivity contribution in [3.63, 3.8) is 0 Å². The van der Waals surface area contributed by atoms with Crippen molar-refractivity contribution in [2.75, 3.05) is 0 Å². The maximum Gasteiger partial charge on any atom is 0.354 e. The lowest BCUT2D eigenvalue weighted by atomic mass is 9.74. The number of hydrogen-bond acceptors (Lipinski definition) is 4. The van der Waals surface area contributed by atoms with Crippen molar-refractivity contribution in [3.05, 3.63) is 76.9 Å². The van der Waals surface area contributed by atoms with Gasteiger partial charge in [0.25, 0.3) is 10.1 Å². The highest BCUT2D eigenvalue weighted by atomic mass is 32.2. The van der Waals surface area contributed by atoms with Gasteiger partial charge in [0.1, 0.15) is 4.90 Å². The molecule has 0 saturated heterocycles. The van der Waals surface area contributed by atoms with Crippen LogP contribution in [0.4, 0.5) is 26.3 Å². The molecule has 2 unspecified atom stereocenters. The molecule has 0 radical (unpaired) electrons. The van der Waals surface area contributed by atoms with Crippen molar-refractivity contribution in [2.24, 2.45) is 0 Å². The van der Waals surface area contributed by atoms with E-state index in [2.05, 4.69) is 0 Å². The number of allylic oxidation sites excluding steroid dienone is 3. The molecule has 2 aromatic rings. The van der Waals surface area contributed by atoms with E-state index in [4.69, 9.17) is 4.55 Å². The van der Waals surface area contributed by atoms with Gasteiger partial charge < -0.3 is 0 Å². The summed E-state index contributed by atoms with van der Waals surface area (Å²) in [6.45, 7) is 1.34. The molecule has 6 nitrogen and oxygen atoms in total. The van der Waals surface area contributed by atoms with Crippen LogP contribution in [0, 0.1) is 0 Å². The van der Waals surface area contributed by atoms with E-state index in [1.807, 2.05) is 0 Å². The summed E-state index contributed by atoms with van der Waals surface area (Å²) in [7, 11) is -12.3. The number of benzene rings is 2. The fourth-order valence-electron chi connectivity index (χ4n) is 3.93. The zero-order chi connectivity index (χ0) is 26.8. The Morgan fingerprint density at radius 2 is 1.34 bits per heavy atom. The first-order chi connectivity index (χ1) is 15.8. The fraction of sp³-hybridized carbons (Fsp3) is 0.238. The van der Waals surface area contributed by atoms with Crippen LogP contribution in [0.15, 0.2) is 76.2 Å². The molecule has 2 N–H and O–H groups in total. The second-order valence-electron chi connectivity index (χ2n) is 7.86. The predicted octanol–water partition coefficient (Wildman–Crippen LogP) is 5.45. The number of halogens is 6. The molecule has 0 aromatic heterocycles.